The van der Waals surface area contributed by atoms with Crippen molar-refractivity contribution >= 4 is 56.1 Å². The lowest BCUT2D eigenvalue weighted by Gasteiger charge is -1.99. The molecule has 0 aliphatic rings. The highest BCUT2D eigenvalue weighted by atomic mass is 35.5. The Kier molecular flexibility index (Phi) is 3.87. The van der Waals surface area contributed by atoms with Crippen molar-refractivity contribution < 1.29 is 0 Å². The molecule has 100 valence electrons. The van der Waals surface area contributed by atoms with Crippen LogP contribution in [-0.2, 0) is 0 Å². The van der Waals surface area contributed by atoms with Crippen LogP contribution in [0.15, 0.2) is 47.6 Å². The first-order chi connectivity index (χ1) is 9.74. The molecule has 1 aromatic heterocycles. The van der Waals surface area contributed by atoms with Crippen molar-refractivity contribution in [3.63, 3.8) is 0 Å². The van der Waals surface area contributed by atoms with Gasteiger partial charge in [0.25, 0.3) is 0 Å². The summed E-state index contributed by atoms with van der Waals surface area (Å²) < 4.78 is 1.12. The van der Waals surface area contributed by atoms with Crippen LogP contribution in [0.2, 0.25) is 10.0 Å². The molecule has 20 heavy (non-hydrogen) atoms. The molecule has 3 nitrogen and oxygen atoms in total. The molecule has 1 N–H and O–H groups in total. The van der Waals surface area contributed by atoms with E-state index in [0.717, 1.165) is 20.9 Å². The van der Waals surface area contributed by atoms with E-state index in [1.54, 1.807) is 23.6 Å². The van der Waals surface area contributed by atoms with Gasteiger partial charge in [0.1, 0.15) is 0 Å². The summed E-state index contributed by atoms with van der Waals surface area (Å²) in [5.41, 5.74) is 4.62. The lowest BCUT2D eigenvalue weighted by Crippen LogP contribution is -1.90. The zero-order valence-electron chi connectivity index (χ0n) is 10.2. The predicted octanol–water partition coefficient (Wildman–Crippen LogP) is 5.05. The van der Waals surface area contributed by atoms with Crippen LogP contribution >= 0.6 is 34.5 Å². The smallest absolute Gasteiger partial charge is 0.204 e. The van der Waals surface area contributed by atoms with Crippen molar-refractivity contribution in [1.82, 2.24) is 4.98 Å². The predicted molar refractivity (Wildman–Crippen MR) is 87.3 cm³/mol. The van der Waals surface area contributed by atoms with Crippen LogP contribution < -0.4 is 5.43 Å². The minimum atomic E-state index is 0.490. The lowest BCUT2D eigenvalue weighted by molar-refractivity contribution is 1.31. The van der Waals surface area contributed by atoms with E-state index in [1.807, 2.05) is 36.4 Å². The first-order valence-electron chi connectivity index (χ1n) is 5.83. The Morgan fingerprint density at radius 1 is 1.10 bits per heavy atom. The molecule has 0 saturated heterocycles. The molecule has 3 rings (SSSR count). The largest absolute Gasteiger partial charge is 0.253 e. The molecule has 1 heterocycles. The molecule has 0 fully saturated rings. The molecule has 0 saturated carbocycles. The van der Waals surface area contributed by atoms with Crippen molar-refractivity contribution in [3.05, 3.63) is 58.1 Å². The van der Waals surface area contributed by atoms with Crippen LogP contribution in [0.1, 0.15) is 5.56 Å². The SMILES string of the molecule is Clc1cccc(/C=N/Nc2nc3ccccc3s2)c1Cl. The summed E-state index contributed by atoms with van der Waals surface area (Å²) in [5, 5.41) is 5.88. The van der Waals surface area contributed by atoms with Gasteiger partial charge in [-0.2, -0.15) is 5.10 Å². The highest BCUT2D eigenvalue weighted by molar-refractivity contribution is 7.22. The van der Waals surface area contributed by atoms with E-state index >= 15 is 0 Å². The standard InChI is InChI=1S/C14H9Cl2N3S/c15-10-5-3-4-9(13(10)16)8-17-19-14-18-11-6-1-2-7-12(11)20-14/h1-8H,(H,18,19)/b17-8+. The summed E-state index contributed by atoms with van der Waals surface area (Å²) in [6, 6.07) is 13.3. The number of hydrogen-bond acceptors (Lipinski definition) is 4. The third-order valence-electron chi connectivity index (χ3n) is 2.64. The Balaban J connectivity index is 1.78. The lowest BCUT2D eigenvalue weighted by atomic mass is 10.2. The number of aromatic nitrogens is 1. The summed E-state index contributed by atoms with van der Waals surface area (Å²) in [6.45, 7) is 0. The summed E-state index contributed by atoms with van der Waals surface area (Å²) in [4.78, 5) is 4.42. The van der Waals surface area contributed by atoms with Gasteiger partial charge in [-0.05, 0) is 18.2 Å². The van der Waals surface area contributed by atoms with Gasteiger partial charge in [0, 0.05) is 5.56 Å². The number of para-hydroxylation sites is 1. The van der Waals surface area contributed by atoms with Crippen molar-refractivity contribution in [2.24, 2.45) is 5.10 Å². The Hall–Kier alpha value is -1.62. The number of fused-ring (bicyclic) bond motifs is 1. The minimum absolute atomic E-state index is 0.490. The Morgan fingerprint density at radius 3 is 2.80 bits per heavy atom. The van der Waals surface area contributed by atoms with Crippen molar-refractivity contribution in [2.75, 3.05) is 5.43 Å². The number of hydrogen-bond donors (Lipinski definition) is 1. The zero-order chi connectivity index (χ0) is 13.9. The Morgan fingerprint density at radius 2 is 1.95 bits per heavy atom. The fourth-order valence-electron chi connectivity index (χ4n) is 1.70. The zero-order valence-corrected chi connectivity index (χ0v) is 12.5. The van der Waals surface area contributed by atoms with Gasteiger partial charge >= 0.3 is 0 Å². The first-order valence-corrected chi connectivity index (χ1v) is 7.40. The van der Waals surface area contributed by atoms with E-state index in [2.05, 4.69) is 15.5 Å². The van der Waals surface area contributed by atoms with Gasteiger partial charge < -0.3 is 0 Å². The molecule has 0 spiro atoms. The third-order valence-corrected chi connectivity index (χ3v) is 4.41. The van der Waals surface area contributed by atoms with Gasteiger partial charge in [0.2, 0.25) is 5.13 Å². The second-order valence-corrected chi connectivity index (χ2v) is 5.82. The number of hydrazone groups is 1. The molecule has 0 atom stereocenters. The van der Waals surface area contributed by atoms with Crippen LogP contribution in [0.25, 0.3) is 10.2 Å². The van der Waals surface area contributed by atoms with Crippen LogP contribution in [0, 0.1) is 0 Å². The van der Waals surface area contributed by atoms with E-state index in [9.17, 15) is 0 Å². The molecular formula is C14H9Cl2N3S. The quantitative estimate of drug-likeness (QED) is 0.541. The number of thiazole rings is 1. The fourth-order valence-corrected chi connectivity index (χ4v) is 2.87. The number of benzene rings is 2. The second-order valence-electron chi connectivity index (χ2n) is 4.00. The van der Waals surface area contributed by atoms with Crippen LogP contribution in [-0.4, -0.2) is 11.2 Å². The van der Waals surface area contributed by atoms with Gasteiger partial charge in [0.05, 0.1) is 26.5 Å². The molecule has 0 bridgehead atoms. The molecule has 2 aromatic carbocycles. The van der Waals surface area contributed by atoms with Crippen molar-refractivity contribution in [3.8, 4) is 0 Å². The second kappa shape index (κ2) is 5.79. The van der Waals surface area contributed by atoms with E-state index in [1.165, 1.54) is 0 Å². The van der Waals surface area contributed by atoms with E-state index in [-0.39, 0.29) is 0 Å². The Labute approximate surface area is 129 Å². The maximum Gasteiger partial charge on any atom is 0.204 e. The molecule has 0 unspecified atom stereocenters. The molecular weight excluding hydrogens is 313 g/mol. The normalized spacial score (nSPS) is 11.3. The van der Waals surface area contributed by atoms with E-state index < -0.39 is 0 Å². The first kappa shape index (κ1) is 13.4. The summed E-state index contributed by atoms with van der Waals surface area (Å²) >= 11 is 13.6. The summed E-state index contributed by atoms with van der Waals surface area (Å²) in [5.74, 6) is 0. The molecule has 3 aromatic rings. The molecule has 0 aliphatic heterocycles. The van der Waals surface area contributed by atoms with E-state index in [4.69, 9.17) is 23.2 Å². The Bertz CT molecular complexity index is 750. The minimum Gasteiger partial charge on any atom is -0.253 e. The number of anilines is 1. The number of nitrogens with one attached hydrogen (secondary N) is 1. The van der Waals surface area contributed by atoms with E-state index in [0.29, 0.717) is 10.0 Å². The van der Waals surface area contributed by atoms with Crippen LogP contribution in [0.4, 0.5) is 5.13 Å². The van der Waals surface area contributed by atoms with Gasteiger partial charge in [-0.25, -0.2) is 4.98 Å². The number of rotatable bonds is 3. The maximum atomic E-state index is 6.08. The molecule has 6 heteroatoms. The monoisotopic (exact) mass is 321 g/mol. The highest BCUT2D eigenvalue weighted by Crippen LogP contribution is 2.26. The third kappa shape index (κ3) is 2.77. The van der Waals surface area contributed by atoms with Crippen LogP contribution in [0.3, 0.4) is 0 Å². The molecule has 0 radical (unpaired) electrons. The summed E-state index contributed by atoms with van der Waals surface area (Å²) in [6.07, 6.45) is 1.63. The van der Waals surface area contributed by atoms with Gasteiger partial charge in [-0.1, -0.05) is 58.8 Å². The maximum absolute atomic E-state index is 6.08. The van der Waals surface area contributed by atoms with Gasteiger partial charge in [-0.3, -0.25) is 5.43 Å². The van der Waals surface area contributed by atoms with Gasteiger partial charge in [0.15, 0.2) is 0 Å². The van der Waals surface area contributed by atoms with Crippen molar-refractivity contribution in [1.29, 1.82) is 0 Å². The molecule has 0 aliphatic carbocycles. The van der Waals surface area contributed by atoms with Crippen molar-refractivity contribution in [2.45, 2.75) is 0 Å². The fraction of sp³-hybridized carbons (Fsp3) is 0. The molecule has 0 amide bonds. The average molecular weight is 322 g/mol. The number of nitrogens with zero attached hydrogens (tertiary/aromatic N) is 2. The summed E-state index contributed by atoms with van der Waals surface area (Å²) in [7, 11) is 0. The highest BCUT2D eigenvalue weighted by Gasteiger charge is 2.03. The number of halogens is 2. The topological polar surface area (TPSA) is 37.3 Å². The van der Waals surface area contributed by atoms with Gasteiger partial charge in [-0.15, -0.1) is 0 Å². The average Bonchev–Trinajstić information content (AvgIpc) is 2.86. The van der Waals surface area contributed by atoms with Crippen LogP contribution in [0.5, 0.6) is 0 Å².